The topological polar surface area (TPSA) is 3.24 Å². The second-order valence-corrected chi connectivity index (χ2v) is 6.63. The van der Waals surface area contributed by atoms with Gasteiger partial charge in [-0.05, 0) is 30.9 Å². The van der Waals surface area contributed by atoms with E-state index in [1.165, 1.54) is 18.5 Å². The predicted octanol–water partition coefficient (Wildman–Crippen LogP) is 3.67. The molecule has 2 bridgehead atoms. The van der Waals surface area contributed by atoms with E-state index in [-0.39, 0.29) is 0 Å². The molecule has 90 valence electrons. The molecule has 2 heterocycles. The molecule has 1 aliphatic carbocycles. The third kappa shape index (κ3) is 2.17. The Bertz CT molecular complexity index is 414. The van der Waals surface area contributed by atoms with Gasteiger partial charge in [-0.25, -0.2) is 0 Å². The van der Waals surface area contributed by atoms with Crippen molar-refractivity contribution in [1.82, 2.24) is 4.90 Å². The number of alkyl halides is 1. The molecule has 17 heavy (non-hydrogen) atoms. The largest absolute Gasteiger partial charge is 0.299 e. The van der Waals surface area contributed by atoms with Crippen molar-refractivity contribution in [2.24, 2.45) is 11.8 Å². The molecule has 0 N–H and O–H groups in total. The molecular weight excluding hydrogens is 321 g/mol. The first-order valence-electron chi connectivity index (χ1n) is 6.33. The fraction of sp³-hybridized carbons (Fsp3) is 0.467. The Labute approximate surface area is 117 Å². The van der Waals surface area contributed by atoms with Gasteiger partial charge in [0.05, 0.1) is 0 Å². The highest BCUT2D eigenvalue weighted by Crippen LogP contribution is 2.44. The first-order chi connectivity index (χ1) is 8.25. The van der Waals surface area contributed by atoms with E-state index in [0.717, 1.165) is 11.8 Å². The average Bonchev–Trinajstić information content (AvgIpc) is 2.39. The van der Waals surface area contributed by atoms with Gasteiger partial charge in [-0.2, -0.15) is 0 Å². The van der Waals surface area contributed by atoms with Crippen LogP contribution in [0.4, 0.5) is 0 Å². The SMILES string of the molecule is CN1CC2C=CC1C(C(I)c1ccccc1)C2. The summed E-state index contributed by atoms with van der Waals surface area (Å²) >= 11 is 2.64. The lowest BCUT2D eigenvalue weighted by molar-refractivity contribution is 0.110. The number of rotatable bonds is 2. The molecule has 1 aromatic rings. The maximum absolute atomic E-state index is 2.64. The summed E-state index contributed by atoms with van der Waals surface area (Å²) < 4.78 is 0.633. The summed E-state index contributed by atoms with van der Waals surface area (Å²) in [5.41, 5.74) is 1.48. The van der Waals surface area contributed by atoms with Gasteiger partial charge in [0.1, 0.15) is 0 Å². The van der Waals surface area contributed by atoms with E-state index < -0.39 is 0 Å². The minimum absolute atomic E-state index is 0.633. The van der Waals surface area contributed by atoms with E-state index in [9.17, 15) is 0 Å². The molecule has 0 amide bonds. The highest BCUT2D eigenvalue weighted by molar-refractivity contribution is 14.1. The minimum Gasteiger partial charge on any atom is -0.299 e. The second kappa shape index (κ2) is 4.73. The zero-order chi connectivity index (χ0) is 11.8. The normalized spacial score (nSPS) is 33.9. The minimum atomic E-state index is 0.633. The Morgan fingerprint density at radius 2 is 2.00 bits per heavy atom. The predicted molar refractivity (Wildman–Crippen MR) is 80.4 cm³/mol. The standard InChI is InChI=1S/C15H18IN/c1-17-10-11-7-8-14(17)13(9-11)15(16)12-5-3-2-4-6-12/h2-8,11,13-15H,9-10H2,1H3. The zero-order valence-electron chi connectivity index (χ0n) is 10.1. The molecular formula is C15H18IN. The molecule has 0 radical (unpaired) electrons. The van der Waals surface area contributed by atoms with E-state index in [0.29, 0.717) is 9.97 Å². The number of piperidine rings is 1. The first kappa shape index (κ1) is 11.7. The number of hydrogen-bond donors (Lipinski definition) is 0. The van der Waals surface area contributed by atoms with Crippen LogP contribution in [-0.2, 0) is 0 Å². The third-order valence-electron chi connectivity index (χ3n) is 4.12. The Balaban J connectivity index is 1.84. The number of halogens is 1. The molecule has 4 rings (SSSR count). The molecule has 1 nitrogen and oxygen atoms in total. The van der Waals surface area contributed by atoms with Crippen molar-refractivity contribution in [2.45, 2.75) is 16.4 Å². The summed E-state index contributed by atoms with van der Waals surface area (Å²) in [6, 6.07) is 11.6. The Morgan fingerprint density at radius 3 is 2.65 bits per heavy atom. The van der Waals surface area contributed by atoms with Gasteiger partial charge in [-0.15, -0.1) is 0 Å². The Morgan fingerprint density at radius 1 is 1.24 bits per heavy atom. The number of likely N-dealkylation sites (N-methyl/N-ethyl adjacent to an activating group) is 1. The number of nitrogens with zero attached hydrogens (tertiary/aromatic N) is 1. The molecule has 2 heteroatoms. The molecule has 0 aromatic heterocycles. The van der Waals surface area contributed by atoms with Crippen molar-refractivity contribution in [3.8, 4) is 0 Å². The monoisotopic (exact) mass is 339 g/mol. The molecule has 1 fully saturated rings. The van der Waals surface area contributed by atoms with Crippen LogP contribution in [0.1, 0.15) is 15.9 Å². The van der Waals surface area contributed by atoms with Crippen LogP contribution in [0.25, 0.3) is 0 Å². The summed E-state index contributed by atoms with van der Waals surface area (Å²) in [6.07, 6.45) is 6.21. The van der Waals surface area contributed by atoms with Gasteiger partial charge >= 0.3 is 0 Å². The number of hydrogen-bond acceptors (Lipinski definition) is 1. The zero-order valence-corrected chi connectivity index (χ0v) is 12.2. The van der Waals surface area contributed by atoms with Gasteiger partial charge in [0, 0.05) is 16.5 Å². The molecule has 2 aliphatic heterocycles. The highest BCUT2D eigenvalue weighted by Gasteiger charge is 2.39. The lowest BCUT2D eigenvalue weighted by Gasteiger charge is -2.46. The van der Waals surface area contributed by atoms with Crippen LogP contribution in [-0.4, -0.2) is 24.5 Å². The van der Waals surface area contributed by atoms with Crippen molar-refractivity contribution >= 4 is 22.6 Å². The van der Waals surface area contributed by atoms with Crippen LogP contribution in [0.2, 0.25) is 0 Å². The van der Waals surface area contributed by atoms with Gasteiger partial charge in [0.25, 0.3) is 0 Å². The smallest absolute Gasteiger partial charge is 0.0405 e. The fourth-order valence-electron chi connectivity index (χ4n) is 3.26. The van der Waals surface area contributed by atoms with E-state index in [2.05, 4.69) is 77.0 Å². The lowest BCUT2D eigenvalue weighted by Crippen LogP contribution is -2.49. The molecule has 1 aromatic carbocycles. The van der Waals surface area contributed by atoms with Crippen LogP contribution < -0.4 is 0 Å². The molecule has 0 spiro atoms. The molecule has 1 saturated heterocycles. The maximum Gasteiger partial charge on any atom is 0.0405 e. The van der Waals surface area contributed by atoms with Gasteiger partial charge in [-0.3, -0.25) is 4.90 Å². The summed E-state index contributed by atoms with van der Waals surface area (Å²) in [6.45, 7) is 1.25. The van der Waals surface area contributed by atoms with Crippen molar-refractivity contribution < 1.29 is 0 Å². The van der Waals surface area contributed by atoms with Crippen molar-refractivity contribution in [3.05, 3.63) is 48.0 Å². The second-order valence-electron chi connectivity index (χ2n) is 5.29. The third-order valence-corrected chi connectivity index (χ3v) is 5.76. The molecule has 3 aliphatic rings. The van der Waals surface area contributed by atoms with Crippen molar-refractivity contribution in [1.29, 1.82) is 0 Å². The molecule has 0 saturated carbocycles. The quantitative estimate of drug-likeness (QED) is 0.452. The fourth-order valence-corrected chi connectivity index (χ4v) is 4.39. The average molecular weight is 339 g/mol. The summed E-state index contributed by atoms with van der Waals surface area (Å²) in [5.74, 6) is 1.54. The summed E-state index contributed by atoms with van der Waals surface area (Å²) in [5, 5.41) is 0. The van der Waals surface area contributed by atoms with Crippen LogP contribution in [0, 0.1) is 11.8 Å². The highest BCUT2D eigenvalue weighted by atomic mass is 127. The van der Waals surface area contributed by atoms with Gasteiger partial charge in [0.2, 0.25) is 0 Å². The maximum atomic E-state index is 2.64. The van der Waals surface area contributed by atoms with E-state index in [1.807, 2.05) is 0 Å². The van der Waals surface area contributed by atoms with Gasteiger partial charge in [-0.1, -0.05) is 65.1 Å². The van der Waals surface area contributed by atoms with Crippen LogP contribution in [0.15, 0.2) is 42.5 Å². The molecule has 4 atom stereocenters. The van der Waals surface area contributed by atoms with Crippen LogP contribution >= 0.6 is 22.6 Å². The summed E-state index contributed by atoms with van der Waals surface area (Å²) in [7, 11) is 2.27. The lowest BCUT2D eigenvalue weighted by atomic mass is 9.75. The van der Waals surface area contributed by atoms with Crippen molar-refractivity contribution in [3.63, 3.8) is 0 Å². The van der Waals surface area contributed by atoms with Gasteiger partial charge < -0.3 is 0 Å². The number of fused-ring (bicyclic) bond motifs is 2. The Kier molecular flexibility index (Phi) is 3.26. The van der Waals surface area contributed by atoms with E-state index >= 15 is 0 Å². The van der Waals surface area contributed by atoms with Crippen molar-refractivity contribution in [2.75, 3.05) is 13.6 Å². The first-order valence-corrected chi connectivity index (χ1v) is 7.58. The van der Waals surface area contributed by atoms with E-state index in [1.54, 1.807) is 0 Å². The number of benzene rings is 1. The molecule has 4 unspecified atom stereocenters. The van der Waals surface area contributed by atoms with Crippen LogP contribution in [0.3, 0.4) is 0 Å². The Hall–Kier alpha value is -0.350. The summed E-state index contributed by atoms with van der Waals surface area (Å²) in [4.78, 5) is 2.52. The van der Waals surface area contributed by atoms with E-state index in [4.69, 9.17) is 0 Å². The van der Waals surface area contributed by atoms with Crippen LogP contribution in [0.5, 0.6) is 0 Å². The van der Waals surface area contributed by atoms with Gasteiger partial charge in [0.15, 0.2) is 0 Å².